The zero-order chi connectivity index (χ0) is 8.10. The van der Waals surface area contributed by atoms with Crippen molar-refractivity contribution in [3.05, 3.63) is 29.6 Å². The van der Waals surface area contributed by atoms with Gasteiger partial charge in [0.15, 0.2) is 6.29 Å². The maximum atomic E-state index is 10.2. The monoisotopic (exact) mass is 149 g/mol. The van der Waals surface area contributed by atoms with Crippen LogP contribution in [0.1, 0.15) is 29.4 Å². The summed E-state index contributed by atoms with van der Waals surface area (Å²) in [6.07, 6.45) is 4.49. The van der Waals surface area contributed by atoms with Crippen molar-refractivity contribution in [1.29, 1.82) is 0 Å². The van der Waals surface area contributed by atoms with Crippen molar-refractivity contribution in [3.8, 4) is 0 Å². The molecule has 0 bridgehead atoms. The SMILES string of the molecule is CCCc1ccc(C=O)cn1. The van der Waals surface area contributed by atoms with Gasteiger partial charge in [-0.2, -0.15) is 0 Å². The van der Waals surface area contributed by atoms with Crippen LogP contribution in [0.15, 0.2) is 18.3 Å². The van der Waals surface area contributed by atoms with Crippen LogP contribution < -0.4 is 0 Å². The van der Waals surface area contributed by atoms with Gasteiger partial charge in [0.1, 0.15) is 0 Å². The van der Waals surface area contributed by atoms with E-state index in [1.165, 1.54) is 0 Å². The van der Waals surface area contributed by atoms with Crippen LogP contribution in [0.2, 0.25) is 0 Å². The van der Waals surface area contributed by atoms with E-state index in [0.717, 1.165) is 24.8 Å². The van der Waals surface area contributed by atoms with E-state index < -0.39 is 0 Å². The summed E-state index contributed by atoms with van der Waals surface area (Å²) in [6, 6.07) is 3.69. The summed E-state index contributed by atoms with van der Waals surface area (Å²) in [5.74, 6) is 0. The number of aldehydes is 1. The van der Waals surface area contributed by atoms with Crippen molar-refractivity contribution in [3.63, 3.8) is 0 Å². The van der Waals surface area contributed by atoms with Gasteiger partial charge in [0.25, 0.3) is 0 Å². The van der Waals surface area contributed by atoms with E-state index in [-0.39, 0.29) is 0 Å². The van der Waals surface area contributed by atoms with E-state index in [0.29, 0.717) is 5.56 Å². The van der Waals surface area contributed by atoms with Crippen molar-refractivity contribution >= 4 is 6.29 Å². The van der Waals surface area contributed by atoms with Gasteiger partial charge in [-0.1, -0.05) is 13.3 Å². The molecule has 0 saturated heterocycles. The predicted octanol–water partition coefficient (Wildman–Crippen LogP) is 1.85. The number of nitrogens with zero attached hydrogens (tertiary/aromatic N) is 1. The Morgan fingerprint density at radius 1 is 1.55 bits per heavy atom. The minimum atomic E-state index is 0.643. The number of pyridine rings is 1. The van der Waals surface area contributed by atoms with Crippen LogP contribution in [-0.4, -0.2) is 11.3 Å². The molecule has 0 atom stereocenters. The Bertz CT molecular complexity index is 228. The quantitative estimate of drug-likeness (QED) is 0.614. The molecular formula is C9H11NO. The number of rotatable bonds is 3. The average molecular weight is 149 g/mol. The van der Waals surface area contributed by atoms with Gasteiger partial charge in [0.05, 0.1) is 0 Å². The number of carbonyl (C=O) groups excluding carboxylic acids is 1. The lowest BCUT2D eigenvalue weighted by atomic mass is 10.2. The van der Waals surface area contributed by atoms with E-state index in [2.05, 4.69) is 11.9 Å². The first-order valence-electron chi connectivity index (χ1n) is 3.77. The zero-order valence-corrected chi connectivity index (χ0v) is 6.58. The zero-order valence-electron chi connectivity index (χ0n) is 6.58. The summed E-state index contributed by atoms with van der Waals surface area (Å²) in [6.45, 7) is 2.11. The summed E-state index contributed by atoms with van der Waals surface area (Å²) < 4.78 is 0. The Morgan fingerprint density at radius 3 is 2.82 bits per heavy atom. The molecule has 0 saturated carbocycles. The standard InChI is InChI=1S/C9H11NO/c1-2-3-9-5-4-8(7-11)6-10-9/h4-7H,2-3H2,1H3. The van der Waals surface area contributed by atoms with Gasteiger partial charge in [-0.25, -0.2) is 0 Å². The van der Waals surface area contributed by atoms with Crippen LogP contribution in [0, 0.1) is 0 Å². The molecule has 0 aliphatic carbocycles. The van der Waals surface area contributed by atoms with Gasteiger partial charge in [-0.15, -0.1) is 0 Å². The van der Waals surface area contributed by atoms with Crippen molar-refractivity contribution in [1.82, 2.24) is 4.98 Å². The average Bonchev–Trinajstić information content (AvgIpc) is 2.07. The van der Waals surface area contributed by atoms with Crippen LogP contribution in [0.5, 0.6) is 0 Å². The van der Waals surface area contributed by atoms with E-state index in [1.54, 1.807) is 12.3 Å². The second-order valence-electron chi connectivity index (χ2n) is 2.45. The summed E-state index contributed by atoms with van der Waals surface area (Å²) in [4.78, 5) is 14.3. The number of carbonyl (C=O) groups is 1. The first kappa shape index (κ1) is 7.92. The Labute approximate surface area is 66.3 Å². The molecule has 58 valence electrons. The molecule has 0 aliphatic rings. The minimum Gasteiger partial charge on any atom is -0.298 e. The molecule has 2 heteroatoms. The third-order valence-corrected chi connectivity index (χ3v) is 1.49. The lowest BCUT2D eigenvalue weighted by Crippen LogP contribution is -1.89. The number of hydrogen-bond acceptors (Lipinski definition) is 2. The number of aromatic nitrogens is 1. The maximum Gasteiger partial charge on any atom is 0.151 e. The van der Waals surface area contributed by atoms with Crippen molar-refractivity contribution in [2.75, 3.05) is 0 Å². The largest absolute Gasteiger partial charge is 0.298 e. The number of aryl methyl sites for hydroxylation is 1. The summed E-state index contributed by atoms with van der Waals surface area (Å²) in [5.41, 5.74) is 1.70. The predicted molar refractivity (Wildman–Crippen MR) is 43.6 cm³/mol. The summed E-state index contributed by atoms with van der Waals surface area (Å²) in [7, 11) is 0. The van der Waals surface area contributed by atoms with Gasteiger partial charge in [-0.05, 0) is 18.6 Å². The minimum absolute atomic E-state index is 0.643. The second-order valence-corrected chi connectivity index (χ2v) is 2.45. The molecule has 1 aromatic heterocycles. The Hall–Kier alpha value is -1.18. The fraction of sp³-hybridized carbons (Fsp3) is 0.333. The molecule has 0 unspecified atom stereocenters. The van der Waals surface area contributed by atoms with Gasteiger partial charge in [0, 0.05) is 17.5 Å². The third kappa shape index (κ3) is 2.15. The lowest BCUT2D eigenvalue weighted by Gasteiger charge is -1.95. The van der Waals surface area contributed by atoms with Crippen LogP contribution in [-0.2, 0) is 6.42 Å². The fourth-order valence-corrected chi connectivity index (χ4v) is 0.910. The van der Waals surface area contributed by atoms with Gasteiger partial charge < -0.3 is 0 Å². The van der Waals surface area contributed by atoms with E-state index >= 15 is 0 Å². The normalized spacial score (nSPS) is 9.55. The second kappa shape index (κ2) is 3.86. The Morgan fingerprint density at radius 2 is 2.36 bits per heavy atom. The first-order chi connectivity index (χ1) is 5.36. The third-order valence-electron chi connectivity index (χ3n) is 1.49. The highest BCUT2D eigenvalue weighted by Crippen LogP contribution is 2.00. The fourth-order valence-electron chi connectivity index (χ4n) is 0.910. The van der Waals surface area contributed by atoms with Crippen LogP contribution in [0.25, 0.3) is 0 Å². The maximum absolute atomic E-state index is 10.2. The van der Waals surface area contributed by atoms with Gasteiger partial charge in [-0.3, -0.25) is 9.78 Å². The summed E-state index contributed by atoms with van der Waals surface area (Å²) in [5, 5.41) is 0. The van der Waals surface area contributed by atoms with E-state index in [1.807, 2.05) is 6.07 Å². The molecule has 0 amide bonds. The molecule has 0 N–H and O–H groups in total. The topological polar surface area (TPSA) is 30.0 Å². The molecule has 1 aromatic rings. The highest BCUT2D eigenvalue weighted by molar-refractivity contribution is 5.73. The smallest absolute Gasteiger partial charge is 0.151 e. The van der Waals surface area contributed by atoms with E-state index in [9.17, 15) is 4.79 Å². The molecular weight excluding hydrogens is 138 g/mol. The Balaban J connectivity index is 2.74. The van der Waals surface area contributed by atoms with Crippen molar-refractivity contribution in [2.45, 2.75) is 19.8 Å². The van der Waals surface area contributed by atoms with E-state index in [4.69, 9.17) is 0 Å². The van der Waals surface area contributed by atoms with Gasteiger partial charge in [0.2, 0.25) is 0 Å². The first-order valence-corrected chi connectivity index (χ1v) is 3.77. The molecule has 1 heterocycles. The highest BCUT2D eigenvalue weighted by atomic mass is 16.1. The summed E-state index contributed by atoms with van der Waals surface area (Å²) >= 11 is 0. The molecule has 2 nitrogen and oxygen atoms in total. The molecule has 1 rings (SSSR count). The highest BCUT2D eigenvalue weighted by Gasteiger charge is 1.92. The van der Waals surface area contributed by atoms with Crippen LogP contribution in [0.3, 0.4) is 0 Å². The molecule has 0 aliphatic heterocycles. The van der Waals surface area contributed by atoms with Crippen LogP contribution >= 0.6 is 0 Å². The molecule has 0 aromatic carbocycles. The molecule has 0 fully saturated rings. The van der Waals surface area contributed by atoms with Crippen molar-refractivity contribution < 1.29 is 4.79 Å². The molecule has 11 heavy (non-hydrogen) atoms. The Kier molecular flexibility index (Phi) is 2.78. The number of hydrogen-bond donors (Lipinski definition) is 0. The molecule has 0 radical (unpaired) electrons. The molecule has 0 spiro atoms. The lowest BCUT2D eigenvalue weighted by molar-refractivity contribution is 0.112. The van der Waals surface area contributed by atoms with Crippen molar-refractivity contribution in [2.24, 2.45) is 0 Å². The van der Waals surface area contributed by atoms with Gasteiger partial charge >= 0.3 is 0 Å². The van der Waals surface area contributed by atoms with Crippen LogP contribution in [0.4, 0.5) is 0 Å².